The lowest BCUT2D eigenvalue weighted by Gasteiger charge is -2.36. The number of rotatable bonds is 9. The quantitative estimate of drug-likeness (QED) is 0.584. The number of ether oxygens (including phenoxy) is 1. The summed E-state index contributed by atoms with van der Waals surface area (Å²) in [4.78, 5) is 39.1. The van der Waals surface area contributed by atoms with Crippen molar-refractivity contribution in [2.45, 2.75) is 57.8 Å². The number of carbonyl (C=O) groups is 3. The van der Waals surface area contributed by atoms with Gasteiger partial charge in [-0.05, 0) is 43.4 Å². The standard InChI is InChI=1S/C25H30N2O5/c1-3-32-25(31)21(14-13-18-9-5-4-6-10-18)26-17(2)23(28)27-16-20-12-8-7-11-19(20)15-22(27)24(29)30/h4-12,17,21-22,26H,3,13-16H2,1-2H3,(H,29,30)/t17?,21?,22-/m0/s1. The lowest BCUT2D eigenvalue weighted by atomic mass is 9.93. The number of aliphatic carboxylic acids is 1. The van der Waals surface area contributed by atoms with Crippen molar-refractivity contribution in [1.29, 1.82) is 0 Å². The zero-order valence-corrected chi connectivity index (χ0v) is 18.5. The van der Waals surface area contributed by atoms with E-state index in [0.717, 1.165) is 16.7 Å². The summed E-state index contributed by atoms with van der Waals surface area (Å²) in [7, 11) is 0. The van der Waals surface area contributed by atoms with Crippen LogP contribution in [0.3, 0.4) is 0 Å². The Hall–Kier alpha value is -3.19. The zero-order valence-electron chi connectivity index (χ0n) is 18.5. The summed E-state index contributed by atoms with van der Waals surface area (Å²) in [6.45, 7) is 3.88. The maximum atomic E-state index is 13.3. The van der Waals surface area contributed by atoms with Crippen LogP contribution in [0.5, 0.6) is 0 Å². The molecule has 1 aliphatic rings. The molecule has 1 aliphatic heterocycles. The van der Waals surface area contributed by atoms with Gasteiger partial charge in [-0.3, -0.25) is 14.9 Å². The molecule has 2 N–H and O–H groups in total. The van der Waals surface area contributed by atoms with Gasteiger partial charge in [0.1, 0.15) is 12.1 Å². The van der Waals surface area contributed by atoms with E-state index in [2.05, 4.69) is 5.32 Å². The molecule has 2 aromatic carbocycles. The second-order valence-electron chi connectivity index (χ2n) is 8.01. The van der Waals surface area contributed by atoms with Crippen LogP contribution in [0.15, 0.2) is 54.6 Å². The van der Waals surface area contributed by atoms with Crippen molar-refractivity contribution in [3.63, 3.8) is 0 Å². The molecule has 3 atom stereocenters. The minimum absolute atomic E-state index is 0.228. The van der Waals surface area contributed by atoms with Crippen molar-refractivity contribution in [2.75, 3.05) is 6.61 Å². The van der Waals surface area contributed by atoms with Gasteiger partial charge < -0.3 is 14.7 Å². The van der Waals surface area contributed by atoms with E-state index < -0.39 is 30.1 Å². The molecule has 0 radical (unpaired) electrons. The Morgan fingerprint density at radius 3 is 2.41 bits per heavy atom. The van der Waals surface area contributed by atoms with Crippen LogP contribution in [0.25, 0.3) is 0 Å². The maximum absolute atomic E-state index is 13.3. The number of nitrogens with one attached hydrogen (secondary N) is 1. The molecule has 0 aromatic heterocycles. The Morgan fingerprint density at radius 2 is 1.75 bits per heavy atom. The van der Waals surface area contributed by atoms with Crippen LogP contribution in [-0.4, -0.2) is 52.6 Å². The van der Waals surface area contributed by atoms with Gasteiger partial charge in [-0.25, -0.2) is 4.79 Å². The second-order valence-corrected chi connectivity index (χ2v) is 8.01. The minimum atomic E-state index is -1.04. The molecule has 3 rings (SSSR count). The molecule has 0 saturated heterocycles. The maximum Gasteiger partial charge on any atom is 0.326 e. The predicted molar refractivity (Wildman–Crippen MR) is 120 cm³/mol. The molecule has 2 aromatic rings. The number of hydrogen-bond donors (Lipinski definition) is 2. The summed E-state index contributed by atoms with van der Waals surface area (Å²) < 4.78 is 5.20. The third-order valence-corrected chi connectivity index (χ3v) is 5.77. The first-order chi connectivity index (χ1) is 15.4. The molecule has 32 heavy (non-hydrogen) atoms. The number of fused-ring (bicyclic) bond motifs is 1. The van der Waals surface area contributed by atoms with Crippen LogP contribution < -0.4 is 5.32 Å². The number of carboxylic acids is 1. The molecule has 1 amide bonds. The van der Waals surface area contributed by atoms with Crippen LogP contribution in [0.4, 0.5) is 0 Å². The number of hydrogen-bond acceptors (Lipinski definition) is 5. The third-order valence-electron chi connectivity index (χ3n) is 5.77. The topological polar surface area (TPSA) is 95.9 Å². The SMILES string of the molecule is CCOC(=O)C(CCc1ccccc1)NC(C)C(=O)N1Cc2ccccc2C[C@H]1C(=O)O. The fraction of sp³-hybridized carbons (Fsp3) is 0.400. The first kappa shape index (κ1) is 23.5. The highest BCUT2D eigenvalue weighted by Gasteiger charge is 2.37. The smallest absolute Gasteiger partial charge is 0.326 e. The largest absolute Gasteiger partial charge is 0.480 e. The van der Waals surface area contributed by atoms with E-state index in [0.29, 0.717) is 12.8 Å². The summed E-state index contributed by atoms with van der Waals surface area (Å²) in [5, 5.41) is 12.8. The third kappa shape index (κ3) is 5.73. The molecule has 7 heteroatoms. The van der Waals surface area contributed by atoms with Gasteiger partial charge in [-0.15, -0.1) is 0 Å². The number of carboxylic acid groups (broad SMARTS) is 1. The monoisotopic (exact) mass is 438 g/mol. The molecular weight excluding hydrogens is 408 g/mol. The number of nitrogens with zero attached hydrogens (tertiary/aromatic N) is 1. The van der Waals surface area contributed by atoms with Gasteiger partial charge in [0.2, 0.25) is 5.91 Å². The highest BCUT2D eigenvalue weighted by Crippen LogP contribution is 2.24. The predicted octanol–water partition coefficient (Wildman–Crippen LogP) is 2.57. The van der Waals surface area contributed by atoms with E-state index >= 15 is 0 Å². The van der Waals surface area contributed by atoms with Crippen molar-refractivity contribution in [3.8, 4) is 0 Å². The Morgan fingerprint density at radius 1 is 1.09 bits per heavy atom. The molecule has 0 fully saturated rings. The van der Waals surface area contributed by atoms with Crippen LogP contribution in [0.2, 0.25) is 0 Å². The van der Waals surface area contributed by atoms with Crippen molar-refractivity contribution in [2.24, 2.45) is 0 Å². The average molecular weight is 439 g/mol. The molecule has 1 heterocycles. The summed E-state index contributed by atoms with van der Waals surface area (Å²) in [6.07, 6.45) is 1.37. The molecule has 0 saturated carbocycles. The average Bonchev–Trinajstić information content (AvgIpc) is 2.80. The number of aryl methyl sites for hydroxylation is 1. The summed E-state index contributed by atoms with van der Waals surface area (Å²) in [5.41, 5.74) is 2.97. The molecule has 170 valence electrons. The van der Waals surface area contributed by atoms with Crippen molar-refractivity contribution < 1.29 is 24.2 Å². The number of carbonyl (C=O) groups excluding carboxylic acids is 2. The van der Waals surface area contributed by atoms with Gasteiger partial charge in [0.15, 0.2) is 0 Å². The van der Waals surface area contributed by atoms with Crippen LogP contribution in [0.1, 0.15) is 37.0 Å². The van der Waals surface area contributed by atoms with Gasteiger partial charge in [0, 0.05) is 13.0 Å². The number of benzene rings is 2. The van der Waals surface area contributed by atoms with E-state index in [1.165, 1.54) is 4.90 Å². The molecule has 0 aliphatic carbocycles. The first-order valence-electron chi connectivity index (χ1n) is 11.0. The molecule has 0 spiro atoms. The van der Waals surface area contributed by atoms with Crippen molar-refractivity contribution in [3.05, 3.63) is 71.3 Å². The van der Waals surface area contributed by atoms with Gasteiger partial charge >= 0.3 is 11.9 Å². The molecule has 2 unspecified atom stereocenters. The van der Waals surface area contributed by atoms with Crippen LogP contribution >= 0.6 is 0 Å². The summed E-state index contributed by atoms with van der Waals surface area (Å²) >= 11 is 0. The Bertz CT molecular complexity index is 946. The first-order valence-corrected chi connectivity index (χ1v) is 11.0. The van der Waals surface area contributed by atoms with E-state index in [1.807, 2.05) is 54.6 Å². The van der Waals surface area contributed by atoms with Crippen molar-refractivity contribution in [1.82, 2.24) is 10.2 Å². The van der Waals surface area contributed by atoms with E-state index in [4.69, 9.17) is 4.74 Å². The van der Waals surface area contributed by atoms with Crippen LogP contribution in [0, 0.1) is 0 Å². The fourth-order valence-corrected chi connectivity index (χ4v) is 4.06. The van der Waals surface area contributed by atoms with E-state index in [-0.39, 0.29) is 25.5 Å². The van der Waals surface area contributed by atoms with Crippen molar-refractivity contribution >= 4 is 17.8 Å². The fourth-order valence-electron chi connectivity index (χ4n) is 4.06. The highest BCUT2D eigenvalue weighted by atomic mass is 16.5. The number of esters is 1. The number of amides is 1. The van der Waals surface area contributed by atoms with Gasteiger partial charge in [-0.1, -0.05) is 54.6 Å². The highest BCUT2D eigenvalue weighted by molar-refractivity contribution is 5.88. The molecule has 0 bridgehead atoms. The zero-order chi connectivity index (χ0) is 23.1. The Balaban J connectivity index is 1.72. The summed E-state index contributed by atoms with van der Waals surface area (Å²) in [5.74, 6) is -1.80. The van der Waals surface area contributed by atoms with Gasteiger partial charge in [-0.2, -0.15) is 0 Å². The second kappa shape index (κ2) is 10.9. The van der Waals surface area contributed by atoms with E-state index in [9.17, 15) is 19.5 Å². The summed E-state index contributed by atoms with van der Waals surface area (Å²) in [6, 6.07) is 15.0. The minimum Gasteiger partial charge on any atom is -0.480 e. The van der Waals surface area contributed by atoms with E-state index in [1.54, 1.807) is 13.8 Å². The normalized spacial score (nSPS) is 17.2. The lowest BCUT2D eigenvalue weighted by molar-refractivity contribution is -0.153. The Kier molecular flexibility index (Phi) is 8.00. The van der Waals surface area contributed by atoms with Gasteiger partial charge in [0.25, 0.3) is 0 Å². The molecule has 7 nitrogen and oxygen atoms in total. The lowest BCUT2D eigenvalue weighted by Crippen LogP contribution is -2.56. The van der Waals surface area contributed by atoms with Crippen LogP contribution in [-0.2, 0) is 38.5 Å². The van der Waals surface area contributed by atoms with Gasteiger partial charge in [0.05, 0.1) is 12.6 Å². The Labute approximate surface area is 188 Å². The molecular formula is C25H30N2O5.